The number of benzene rings is 1. The van der Waals surface area contributed by atoms with Crippen molar-refractivity contribution in [3.8, 4) is 0 Å². The van der Waals surface area contributed by atoms with Crippen LogP contribution < -0.4 is 15.5 Å². The van der Waals surface area contributed by atoms with Crippen LogP contribution in [0.2, 0.25) is 5.02 Å². The topological polar surface area (TPSA) is 74.6 Å². The molecule has 0 atom stereocenters. The van der Waals surface area contributed by atoms with E-state index in [0.717, 1.165) is 5.69 Å². The summed E-state index contributed by atoms with van der Waals surface area (Å²) in [6.45, 7) is 0.212. The molecule has 7 heteroatoms. The molecule has 2 aromatic rings. The van der Waals surface area contributed by atoms with Crippen LogP contribution in [0, 0.1) is 0 Å². The van der Waals surface area contributed by atoms with Crippen LogP contribution in [0.4, 0.5) is 11.4 Å². The Hall–Kier alpha value is -2.47. The number of rotatable bonds is 6. The Labute approximate surface area is 139 Å². The van der Waals surface area contributed by atoms with Crippen molar-refractivity contribution in [3.63, 3.8) is 0 Å². The van der Waals surface area contributed by atoms with Gasteiger partial charge in [-0.1, -0.05) is 11.6 Å². The first-order valence-corrected chi connectivity index (χ1v) is 7.43. The minimum absolute atomic E-state index is 0.145. The Balaban J connectivity index is 1.88. The summed E-state index contributed by atoms with van der Waals surface area (Å²) >= 11 is 5.97. The van der Waals surface area contributed by atoms with Gasteiger partial charge in [-0.25, -0.2) is 0 Å². The molecule has 0 radical (unpaired) electrons. The van der Waals surface area contributed by atoms with Crippen molar-refractivity contribution in [2.45, 2.75) is 6.42 Å². The molecular weight excluding hydrogens is 318 g/mol. The third kappa shape index (κ3) is 4.75. The standard InChI is InChI=1S/C16H18ClN3O3/c1-20(2)13-6-5-11(17)10-12(13)19-15(21)7-8-18-16(22)14-4-3-9-23-14/h3-6,9-10H,7-8H2,1-2H3,(H,18,22)(H,19,21). The number of halogens is 1. The van der Waals surface area contributed by atoms with Crippen LogP contribution in [-0.2, 0) is 4.79 Å². The van der Waals surface area contributed by atoms with Crippen molar-refractivity contribution < 1.29 is 14.0 Å². The van der Waals surface area contributed by atoms with E-state index in [-0.39, 0.29) is 30.5 Å². The maximum Gasteiger partial charge on any atom is 0.286 e. The molecule has 0 fully saturated rings. The van der Waals surface area contributed by atoms with Crippen LogP contribution in [0.25, 0.3) is 0 Å². The summed E-state index contributed by atoms with van der Waals surface area (Å²) in [5.74, 6) is -0.343. The van der Waals surface area contributed by atoms with Crippen LogP contribution >= 0.6 is 11.6 Å². The third-order valence-corrected chi connectivity index (χ3v) is 3.33. The Morgan fingerprint density at radius 3 is 2.70 bits per heavy atom. The van der Waals surface area contributed by atoms with Gasteiger partial charge in [0.05, 0.1) is 17.6 Å². The van der Waals surface area contributed by atoms with Crippen LogP contribution in [0.3, 0.4) is 0 Å². The van der Waals surface area contributed by atoms with Crippen LogP contribution in [0.5, 0.6) is 0 Å². The Morgan fingerprint density at radius 2 is 2.04 bits per heavy atom. The van der Waals surface area contributed by atoms with E-state index in [2.05, 4.69) is 10.6 Å². The van der Waals surface area contributed by atoms with Gasteiger partial charge in [-0.3, -0.25) is 9.59 Å². The Bertz CT molecular complexity index is 684. The summed E-state index contributed by atoms with van der Waals surface area (Å²) in [6.07, 6.45) is 1.56. The number of furan rings is 1. The molecule has 0 saturated carbocycles. The highest BCUT2D eigenvalue weighted by Crippen LogP contribution is 2.27. The van der Waals surface area contributed by atoms with Crippen LogP contribution in [0.1, 0.15) is 17.0 Å². The van der Waals surface area contributed by atoms with Gasteiger partial charge in [0.1, 0.15) is 0 Å². The molecule has 0 spiro atoms. The molecule has 6 nitrogen and oxygen atoms in total. The normalized spacial score (nSPS) is 10.2. The lowest BCUT2D eigenvalue weighted by atomic mass is 10.2. The summed E-state index contributed by atoms with van der Waals surface area (Å²) in [6, 6.07) is 8.47. The molecule has 0 aliphatic heterocycles. The first-order chi connectivity index (χ1) is 11.0. The van der Waals surface area contributed by atoms with E-state index in [1.807, 2.05) is 25.1 Å². The van der Waals surface area contributed by atoms with E-state index in [1.54, 1.807) is 24.3 Å². The van der Waals surface area contributed by atoms with Gasteiger partial charge in [0.2, 0.25) is 5.91 Å². The maximum atomic E-state index is 12.0. The van der Waals surface area contributed by atoms with E-state index in [9.17, 15) is 9.59 Å². The van der Waals surface area contributed by atoms with Gasteiger partial charge in [-0.15, -0.1) is 0 Å². The number of hydrogen-bond acceptors (Lipinski definition) is 4. The zero-order valence-electron chi connectivity index (χ0n) is 12.9. The zero-order valence-corrected chi connectivity index (χ0v) is 13.7. The molecular formula is C16H18ClN3O3. The highest BCUT2D eigenvalue weighted by molar-refractivity contribution is 6.31. The lowest BCUT2D eigenvalue weighted by Crippen LogP contribution is -2.27. The zero-order chi connectivity index (χ0) is 16.8. The van der Waals surface area contributed by atoms with Crippen LogP contribution in [0.15, 0.2) is 41.0 Å². The molecule has 0 aliphatic carbocycles. The minimum Gasteiger partial charge on any atom is -0.459 e. The van der Waals surface area contributed by atoms with E-state index in [4.69, 9.17) is 16.0 Å². The van der Waals surface area contributed by atoms with Crippen molar-refractivity contribution >= 4 is 34.8 Å². The summed E-state index contributed by atoms with van der Waals surface area (Å²) in [5.41, 5.74) is 1.48. The fourth-order valence-corrected chi connectivity index (χ4v) is 2.17. The summed E-state index contributed by atoms with van der Waals surface area (Å²) < 4.78 is 4.97. The third-order valence-electron chi connectivity index (χ3n) is 3.10. The van der Waals surface area contributed by atoms with Gasteiger partial charge in [0.25, 0.3) is 5.91 Å². The Kier molecular flexibility index (Phi) is 5.65. The second kappa shape index (κ2) is 7.69. The lowest BCUT2D eigenvalue weighted by Gasteiger charge is -2.18. The quantitative estimate of drug-likeness (QED) is 0.851. The van der Waals surface area contributed by atoms with Gasteiger partial charge in [-0.2, -0.15) is 0 Å². The number of carbonyl (C=O) groups is 2. The SMILES string of the molecule is CN(C)c1ccc(Cl)cc1NC(=O)CCNC(=O)c1ccco1. The predicted molar refractivity (Wildman–Crippen MR) is 90.1 cm³/mol. The predicted octanol–water partition coefficient (Wildman–Crippen LogP) is 2.76. The molecule has 1 aromatic carbocycles. The number of hydrogen-bond donors (Lipinski definition) is 2. The second-order valence-corrected chi connectivity index (χ2v) is 5.52. The van der Waals surface area contributed by atoms with Crippen molar-refractivity contribution in [2.75, 3.05) is 30.9 Å². The summed E-state index contributed by atoms with van der Waals surface area (Å²) in [7, 11) is 3.75. The minimum atomic E-state index is -0.348. The van der Waals surface area contributed by atoms with Gasteiger partial charge in [0, 0.05) is 32.1 Å². The number of carbonyl (C=O) groups excluding carboxylic acids is 2. The first kappa shape index (κ1) is 16.9. The monoisotopic (exact) mass is 335 g/mol. The fourth-order valence-electron chi connectivity index (χ4n) is 2.00. The van der Waals surface area contributed by atoms with Crippen molar-refractivity contribution in [2.24, 2.45) is 0 Å². The van der Waals surface area contributed by atoms with E-state index < -0.39 is 0 Å². The van der Waals surface area contributed by atoms with Gasteiger partial charge in [0.15, 0.2) is 5.76 Å². The molecule has 0 saturated heterocycles. The number of nitrogens with one attached hydrogen (secondary N) is 2. The average Bonchev–Trinajstić information content (AvgIpc) is 3.01. The van der Waals surface area contributed by atoms with E-state index in [1.165, 1.54) is 6.26 Å². The number of amides is 2. The van der Waals surface area contributed by atoms with Crippen LogP contribution in [-0.4, -0.2) is 32.5 Å². The summed E-state index contributed by atoms with van der Waals surface area (Å²) in [5, 5.41) is 5.96. The number of anilines is 2. The van der Waals surface area contributed by atoms with E-state index >= 15 is 0 Å². The molecule has 1 heterocycles. The molecule has 2 N–H and O–H groups in total. The molecule has 0 aliphatic rings. The lowest BCUT2D eigenvalue weighted by molar-refractivity contribution is -0.116. The second-order valence-electron chi connectivity index (χ2n) is 5.09. The molecule has 0 bridgehead atoms. The molecule has 1 aromatic heterocycles. The van der Waals surface area contributed by atoms with Crippen molar-refractivity contribution in [3.05, 3.63) is 47.4 Å². The van der Waals surface area contributed by atoms with E-state index in [0.29, 0.717) is 10.7 Å². The van der Waals surface area contributed by atoms with Gasteiger partial charge >= 0.3 is 0 Å². The average molecular weight is 336 g/mol. The smallest absolute Gasteiger partial charge is 0.286 e. The molecule has 2 amide bonds. The molecule has 122 valence electrons. The molecule has 2 rings (SSSR count). The highest BCUT2D eigenvalue weighted by atomic mass is 35.5. The highest BCUT2D eigenvalue weighted by Gasteiger charge is 2.11. The van der Waals surface area contributed by atoms with Gasteiger partial charge in [-0.05, 0) is 30.3 Å². The largest absolute Gasteiger partial charge is 0.459 e. The molecule has 23 heavy (non-hydrogen) atoms. The van der Waals surface area contributed by atoms with Crippen molar-refractivity contribution in [1.29, 1.82) is 0 Å². The Morgan fingerprint density at radius 1 is 1.26 bits per heavy atom. The number of nitrogens with zero attached hydrogens (tertiary/aromatic N) is 1. The summed E-state index contributed by atoms with van der Waals surface area (Å²) in [4.78, 5) is 25.6. The fraction of sp³-hybridized carbons (Fsp3) is 0.250. The molecule has 0 unspecified atom stereocenters. The van der Waals surface area contributed by atoms with Crippen molar-refractivity contribution in [1.82, 2.24) is 5.32 Å². The maximum absolute atomic E-state index is 12.0. The van der Waals surface area contributed by atoms with Gasteiger partial charge < -0.3 is 20.0 Å². The first-order valence-electron chi connectivity index (χ1n) is 7.06.